The summed E-state index contributed by atoms with van der Waals surface area (Å²) >= 11 is 0. The average Bonchev–Trinajstić information content (AvgIpc) is 3.99. The molecule has 0 saturated heterocycles. The van der Waals surface area contributed by atoms with Crippen LogP contribution in [0.15, 0.2) is 97.2 Å². The van der Waals surface area contributed by atoms with Gasteiger partial charge in [0.15, 0.2) is 0 Å². The minimum absolute atomic E-state index is 0. The average molecular weight is 1200 g/mol. The van der Waals surface area contributed by atoms with E-state index in [1.165, 1.54) is 143 Å². The first kappa shape index (κ1) is 53.9. The Morgan fingerprint density at radius 2 is 1.26 bits per heavy atom. The number of benzene rings is 5. The van der Waals surface area contributed by atoms with Gasteiger partial charge in [-0.1, -0.05) is 159 Å². The van der Waals surface area contributed by atoms with Crippen molar-refractivity contribution in [2.45, 2.75) is 206 Å². The molecule has 0 amide bonds. The first-order chi connectivity index (χ1) is 36.5. The van der Waals surface area contributed by atoms with Gasteiger partial charge >= 0.3 is 0 Å². The topological polar surface area (TPSA) is 63.8 Å². The largest absolute Gasteiger partial charge is 0.507 e. The molecule has 3 heterocycles. The van der Waals surface area contributed by atoms with Gasteiger partial charge in [-0.05, 0) is 197 Å². The number of phenolic OH excluding ortho intramolecular Hbond substituents is 1. The molecular formula is C71H83N4OPt-. The quantitative estimate of drug-likeness (QED) is 0.128. The van der Waals surface area contributed by atoms with E-state index < -0.39 is 0 Å². The summed E-state index contributed by atoms with van der Waals surface area (Å²) in [7, 11) is 0. The molecule has 4 aliphatic rings. The van der Waals surface area contributed by atoms with Crippen LogP contribution < -0.4 is 0 Å². The third-order valence-electron chi connectivity index (χ3n) is 19.8. The van der Waals surface area contributed by atoms with Crippen LogP contribution in [0, 0.1) is 23.8 Å². The molecular weight excluding hydrogens is 1120 g/mol. The SMILES string of the molecule is Cc1nc2ccc(-c3cc(-c4ccc(C5CCC6(CCCCC6)CC5)cc4)ccn3)[c-]c2c2c1ccc1c2nc(-c2cc(C(C)(C)C)cc(C(C)(C)C)c2O)n1-c1ccc(C2CCC3(CCCCC3)CC2)cc1C(C)C.[Pt]. The second-order valence-corrected chi connectivity index (χ2v) is 27.1. The van der Waals surface area contributed by atoms with Crippen LogP contribution in [0.25, 0.3) is 72.2 Å². The molecule has 0 aliphatic heterocycles. The monoisotopic (exact) mass is 1200 g/mol. The Bertz CT molecular complexity index is 3460. The van der Waals surface area contributed by atoms with Gasteiger partial charge in [0, 0.05) is 44.2 Å². The fourth-order valence-corrected chi connectivity index (χ4v) is 15.0. The maximum absolute atomic E-state index is 12.7. The Kier molecular flexibility index (Phi) is 14.6. The van der Waals surface area contributed by atoms with E-state index in [4.69, 9.17) is 15.0 Å². The van der Waals surface area contributed by atoms with Crippen molar-refractivity contribution in [2.75, 3.05) is 0 Å². The van der Waals surface area contributed by atoms with Gasteiger partial charge in [0.25, 0.3) is 0 Å². The molecule has 0 unspecified atom stereocenters. The van der Waals surface area contributed by atoms with Crippen LogP contribution in [0.5, 0.6) is 5.75 Å². The van der Waals surface area contributed by atoms with Gasteiger partial charge < -0.3 is 5.11 Å². The Hall–Kier alpha value is -5.12. The summed E-state index contributed by atoms with van der Waals surface area (Å²) in [5.74, 6) is 2.54. The Morgan fingerprint density at radius 1 is 0.636 bits per heavy atom. The fraction of sp³-hybridized carbons (Fsp3) is 0.479. The Labute approximate surface area is 474 Å². The normalized spacial score (nSPS) is 19.2. The van der Waals surface area contributed by atoms with Crippen LogP contribution in [0.3, 0.4) is 0 Å². The minimum Gasteiger partial charge on any atom is -0.507 e. The smallest absolute Gasteiger partial charge is 0.148 e. The van der Waals surface area contributed by atoms with Gasteiger partial charge in [0.05, 0.1) is 22.3 Å². The number of pyridine rings is 2. The number of imidazole rings is 1. The number of fused-ring (bicyclic) bond motifs is 5. The van der Waals surface area contributed by atoms with Gasteiger partial charge in [-0.25, -0.2) is 4.98 Å². The molecule has 5 aromatic carbocycles. The summed E-state index contributed by atoms with van der Waals surface area (Å²) in [6.07, 6.45) is 26.9. The molecule has 4 fully saturated rings. The predicted molar refractivity (Wildman–Crippen MR) is 318 cm³/mol. The molecule has 3 aromatic heterocycles. The van der Waals surface area contributed by atoms with E-state index in [0.717, 1.165) is 77.9 Å². The molecule has 2 spiro atoms. The van der Waals surface area contributed by atoms with Crippen LogP contribution in [0.1, 0.15) is 222 Å². The van der Waals surface area contributed by atoms with Gasteiger partial charge in [-0.15, -0.1) is 18.2 Å². The van der Waals surface area contributed by atoms with Crippen LogP contribution in [-0.4, -0.2) is 24.6 Å². The maximum atomic E-state index is 12.7. The fourth-order valence-electron chi connectivity index (χ4n) is 15.0. The van der Waals surface area contributed by atoms with Crippen molar-refractivity contribution in [1.82, 2.24) is 19.5 Å². The first-order valence-corrected chi connectivity index (χ1v) is 29.7. The molecule has 4 saturated carbocycles. The van der Waals surface area contributed by atoms with Gasteiger partial charge in [-0.3, -0.25) is 14.5 Å². The zero-order valence-electron chi connectivity index (χ0n) is 47.7. The van der Waals surface area contributed by atoms with Crippen LogP contribution in [-0.2, 0) is 31.9 Å². The molecule has 77 heavy (non-hydrogen) atoms. The maximum Gasteiger partial charge on any atom is 0.148 e. The zero-order valence-corrected chi connectivity index (χ0v) is 50.0. The number of aromatic hydroxyl groups is 1. The summed E-state index contributed by atoms with van der Waals surface area (Å²) < 4.78 is 2.38. The van der Waals surface area contributed by atoms with Crippen molar-refractivity contribution in [3.63, 3.8) is 0 Å². The predicted octanol–water partition coefficient (Wildman–Crippen LogP) is 19.9. The first-order valence-electron chi connectivity index (χ1n) is 29.7. The van der Waals surface area contributed by atoms with Gasteiger partial charge in [-0.2, -0.15) is 0 Å². The van der Waals surface area contributed by atoms with Crippen LogP contribution in [0.2, 0.25) is 0 Å². The summed E-state index contributed by atoms with van der Waals surface area (Å²) in [6.45, 7) is 20.2. The third-order valence-corrected chi connectivity index (χ3v) is 19.8. The van der Waals surface area contributed by atoms with E-state index in [0.29, 0.717) is 28.4 Å². The molecule has 4 aliphatic carbocycles. The van der Waals surface area contributed by atoms with E-state index in [2.05, 4.69) is 164 Å². The Morgan fingerprint density at radius 3 is 1.87 bits per heavy atom. The molecule has 0 bridgehead atoms. The van der Waals surface area contributed by atoms with Gasteiger partial charge in [0.1, 0.15) is 11.6 Å². The second kappa shape index (κ2) is 20.8. The summed E-state index contributed by atoms with van der Waals surface area (Å²) in [5.41, 5.74) is 16.9. The summed E-state index contributed by atoms with van der Waals surface area (Å²) in [4.78, 5) is 16.0. The number of nitrogens with zero attached hydrogens (tertiary/aromatic N) is 4. The van der Waals surface area contributed by atoms with E-state index in [-0.39, 0.29) is 37.8 Å². The van der Waals surface area contributed by atoms with Crippen LogP contribution >= 0.6 is 0 Å². The van der Waals surface area contributed by atoms with Crippen molar-refractivity contribution in [3.05, 3.63) is 137 Å². The van der Waals surface area contributed by atoms with Gasteiger partial charge in [0.2, 0.25) is 0 Å². The van der Waals surface area contributed by atoms with Crippen molar-refractivity contribution in [1.29, 1.82) is 0 Å². The van der Waals surface area contributed by atoms with E-state index in [1.54, 1.807) is 0 Å². The number of aryl methyl sites for hydroxylation is 1. The summed E-state index contributed by atoms with van der Waals surface area (Å²) in [5, 5.41) is 15.7. The number of phenols is 1. The van der Waals surface area contributed by atoms with E-state index >= 15 is 0 Å². The zero-order chi connectivity index (χ0) is 52.7. The number of aromatic nitrogens is 4. The molecule has 0 atom stereocenters. The minimum atomic E-state index is -0.309. The van der Waals surface area contributed by atoms with Crippen molar-refractivity contribution in [3.8, 4) is 45.2 Å². The van der Waals surface area contributed by atoms with E-state index in [9.17, 15) is 5.11 Å². The molecule has 8 aromatic rings. The second-order valence-electron chi connectivity index (χ2n) is 27.1. The molecule has 5 nitrogen and oxygen atoms in total. The summed E-state index contributed by atoms with van der Waals surface area (Å²) in [6, 6.07) is 38.2. The van der Waals surface area contributed by atoms with Crippen LogP contribution in [0.4, 0.5) is 0 Å². The molecule has 0 radical (unpaired) electrons. The van der Waals surface area contributed by atoms with E-state index in [1.807, 2.05) is 6.20 Å². The van der Waals surface area contributed by atoms with Crippen molar-refractivity contribution < 1.29 is 26.2 Å². The molecule has 1 N–H and O–H groups in total. The Balaban J connectivity index is 0.00000631. The van der Waals surface area contributed by atoms with Crippen molar-refractivity contribution >= 4 is 32.7 Å². The molecule has 6 heteroatoms. The molecule has 12 rings (SSSR count). The number of hydrogen-bond acceptors (Lipinski definition) is 4. The number of hydrogen-bond donors (Lipinski definition) is 1. The molecule has 404 valence electrons. The van der Waals surface area contributed by atoms with Crippen molar-refractivity contribution in [2.24, 2.45) is 10.8 Å². The number of rotatable bonds is 7. The third kappa shape index (κ3) is 10.2. The standard InChI is InChI=1S/C71H83N4O.Pt/c1-45(2)56-40-51(50-28-37-71(38-29-50)33-14-11-15-34-71)21-24-62(56)75-63-25-22-55-46(3)73-60-23-20-53(41-57(60)64(55)65(63)74-67(75)58-43-54(68(4,5)6)44-59(66(58)76)69(7,8)9)61-42-52(30-39-72-61)48-18-16-47(17-19-48)49-26-35-70(36-27-49)31-12-10-13-32-70;/h16-25,30,39-40,42-45,49-50,76H,10-15,26-29,31-38H2,1-9H3;/q-1;.